The maximum absolute atomic E-state index is 14.9. The van der Waals surface area contributed by atoms with Crippen molar-refractivity contribution < 1.29 is 42.2 Å². The molecule has 14 heteroatoms. The molecule has 0 saturated carbocycles. The average Bonchev–Trinajstić information content (AvgIpc) is 3.61. The highest BCUT2D eigenvalue weighted by molar-refractivity contribution is 5.99. The van der Waals surface area contributed by atoms with Gasteiger partial charge in [-0.25, -0.2) is 18.4 Å². The fourth-order valence-electron chi connectivity index (χ4n) is 6.36. The number of rotatable bonds is 6. The Morgan fingerprint density at radius 1 is 0.750 bits per heavy atom. The lowest BCUT2D eigenvalue weighted by Crippen LogP contribution is -2.50. The van der Waals surface area contributed by atoms with Crippen LogP contribution in [-0.2, 0) is 4.74 Å². The molecular formula is C38H43F2N5O7. The molecule has 3 heterocycles. The summed E-state index contributed by atoms with van der Waals surface area (Å²) in [5.41, 5.74) is 0.916. The van der Waals surface area contributed by atoms with E-state index in [4.69, 9.17) is 14.2 Å². The number of likely N-dealkylation sites (tertiary alicyclic amines) is 1. The molecule has 1 N–H and O–H groups in total. The molecule has 3 aliphatic heterocycles. The predicted molar refractivity (Wildman–Crippen MR) is 187 cm³/mol. The number of amides is 4. The van der Waals surface area contributed by atoms with Crippen LogP contribution in [0, 0.1) is 11.6 Å². The molecule has 0 unspecified atom stereocenters. The molecule has 3 aromatic carbocycles. The highest BCUT2D eigenvalue weighted by Gasteiger charge is 2.33. The topological polar surface area (TPSA) is 121 Å². The van der Waals surface area contributed by atoms with E-state index < -0.39 is 41.1 Å². The number of benzene rings is 3. The van der Waals surface area contributed by atoms with Gasteiger partial charge in [0.15, 0.2) is 11.6 Å². The quantitative estimate of drug-likeness (QED) is 0.377. The number of hydrogen-bond acceptors (Lipinski definition) is 8. The molecule has 3 fully saturated rings. The Bertz CT molecular complexity index is 1800. The van der Waals surface area contributed by atoms with Crippen LogP contribution in [0.4, 0.5) is 18.4 Å². The largest absolute Gasteiger partial charge is 0.488 e. The van der Waals surface area contributed by atoms with Crippen LogP contribution in [0.1, 0.15) is 47.9 Å². The maximum atomic E-state index is 14.9. The predicted octanol–water partition coefficient (Wildman–Crippen LogP) is 5.02. The van der Waals surface area contributed by atoms with Crippen molar-refractivity contribution in [1.29, 1.82) is 0 Å². The normalized spacial score (nSPS) is 17.9. The number of nitrogens with zero attached hydrogens (tertiary/aromatic N) is 4. The van der Waals surface area contributed by atoms with Gasteiger partial charge in [0.05, 0.1) is 12.1 Å². The first kappa shape index (κ1) is 36.5. The van der Waals surface area contributed by atoms with Gasteiger partial charge in [-0.1, -0.05) is 18.2 Å². The number of piperazine rings is 2. The zero-order chi connectivity index (χ0) is 37.0. The first-order valence-corrected chi connectivity index (χ1v) is 17.5. The van der Waals surface area contributed by atoms with Gasteiger partial charge in [-0.3, -0.25) is 9.59 Å². The van der Waals surface area contributed by atoms with Crippen LogP contribution in [0.5, 0.6) is 11.5 Å². The number of para-hydroxylation sites is 1. The Balaban J connectivity index is 1.13. The fourth-order valence-corrected chi connectivity index (χ4v) is 6.36. The smallest absolute Gasteiger partial charge is 0.415 e. The van der Waals surface area contributed by atoms with E-state index in [0.29, 0.717) is 68.1 Å². The summed E-state index contributed by atoms with van der Waals surface area (Å²) in [4.78, 5) is 58.9. The van der Waals surface area contributed by atoms with Gasteiger partial charge in [0.1, 0.15) is 23.3 Å². The van der Waals surface area contributed by atoms with Crippen LogP contribution in [0.2, 0.25) is 0 Å². The lowest BCUT2D eigenvalue weighted by molar-refractivity contribution is 0.0275. The molecule has 4 amide bonds. The van der Waals surface area contributed by atoms with Crippen LogP contribution in [0.25, 0.3) is 11.1 Å². The molecule has 0 aliphatic carbocycles. The summed E-state index contributed by atoms with van der Waals surface area (Å²) in [6.45, 7) is 8.99. The Morgan fingerprint density at radius 3 is 2.10 bits per heavy atom. The van der Waals surface area contributed by atoms with Crippen molar-refractivity contribution in [1.82, 2.24) is 24.9 Å². The van der Waals surface area contributed by atoms with Crippen LogP contribution in [0.15, 0.2) is 60.7 Å². The van der Waals surface area contributed by atoms with Crippen LogP contribution in [0.3, 0.4) is 0 Å². The van der Waals surface area contributed by atoms with E-state index in [-0.39, 0.29) is 43.8 Å². The SMILES string of the molecule is CC(C)(C)OC(=O)N1CC[C@H](Oc2ccc(C(=O)N3CCN(C(=O)c4cccc(F)c4OC(=O)N4CCNCC4)CC3)cc2-c2ccc(F)cc2)C1. The van der Waals surface area contributed by atoms with Crippen LogP contribution < -0.4 is 14.8 Å². The molecule has 0 spiro atoms. The Labute approximate surface area is 301 Å². The molecule has 52 heavy (non-hydrogen) atoms. The van der Waals surface area contributed by atoms with Gasteiger partial charge in [-0.05, 0) is 68.8 Å². The molecule has 3 aliphatic rings. The first-order valence-electron chi connectivity index (χ1n) is 17.5. The number of carbonyl (C=O) groups excluding carboxylic acids is 4. The lowest BCUT2D eigenvalue weighted by Gasteiger charge is -2.35. The summed E-state index contributed by atoms with van der Waals surface area (Å²) >= 11 is 0. The molecule has 276 valence electrons. The van der Waals surface area contributed by atoms with Gasteiger partial charge in [0.25, 0.3) is 11.8 Å². The van der Waals surface area contributed by atoms with Crippen molar-refractivity contribution in [2.75, 3.05) is 65.4 Å². The zero-order valence-electron chi connectivity index (χ0n) is 29.5. The highest BCUT2D eigenvalue weighted by Crippen LogP contribution is 2.34. The van der Waals surface area contributed by atoms with Crippen molar-refractivity contribution in [3.05, 3.63) is 83.4 Å². The maximum Gasteiger partial charge on any atom is 0.415 e. The van der Waals surface area contributed by atoms with E-state index >= 15 is 0 Å². The van der Waals surface area contributed by atoms with E-state index in [2.05, 4.69) is 5.32 Å². The third-order valence-electron chi connectivity index (χ3n) is 9.09. The van der Waals surface area contributed by atoms with E-state index in [0.717, 1.165) is 6.07 Å². The first-order chi connectivity index (χ1) is 24.9. The van der Waals surface area contributed by atoms with Crippen molar-refractivity contribution in [2.45, 2.75) is 38.9 Å². The summed E-state index contributed by atoms with van der Waals surface area (Å²) in [6.07, 6.45) is -0.867. The van der Waals surface area contributed by atoms with Gasteiger partial charge >= 0.3 is 12.2 Å². The second kappa shape index (κ2) is 15.6. The summed E-state index contributed by atoms with van der Waals surface area (Å²) in [5, 5.41) is 3.13. The molecule has 3 aromatic rings. The highest BCUT2D eigenvalue weighted by atomic mass is 19.1. The number of carbonyl (C=O) groups is 4. The molecular weight excluding hydrogens is 676 g/mol. The lowest BCUT2D eigenvalue weighted by atomic mass is 10.0. The summed E-state index contributed by atoms with van der Waals surface area (Å²) in [6, 6.07) is 14.9. The van der Waals surface area contributed by atoms with Gasteiger partial charge in [0, 0.05) is 76.5 Å². The number of hydrogen-bond donors (Lipinski definition) is 1. The summed E-state index contributed by atoms with van der Waals surface area (Å²) < 4.78 is 46.0. The molecule has 12 nitrogen and oxygen atoms in total. The number of nitrogens with one attached hydrogen (secondary N) is 1. The van der Waals surface area contributed by atoms with Gasteiger partial charge < -0.3 is 39.1 Å². The van der Waals surface area contributed by atoms with Crippen molar-refractivity contribution in [2.24, 2.45) is 0 Å². The van der Waals surface area contributed by atoms with Crippen LogP contribution >= 0.6 is 0 Å². The second-order valence-electron chi connectivity index (χ2n) is 14.0. The summed E-state index contributed by atoms with van der Waals surface area (Å²) in [5.74, 6) is -1.93. The Morgan fingerprint density at radius 2 is 1.42 bits per heavy atom. The monoisotopic (exact) mass is 719 g/mol. The minimum Gasteiger partial charge on any atom is -0.488 e. The minimum absolute atomic E-state index is 0.0701. The van der Waals surface area contributed by atoms with E-state index in [1.165, 1.54) is 34.1 Å². The van der Waals surface area contributed by atoms with E-state index in [1.807, 2.05) is 20.8 Å². The second-order valence-corrected chi connectivity index (χ2v) is 14.0. The average molecular weight is 720 g/mol. The number of ether oxygens (including phenoxy) is 3. The third-order valence-corrected chi connectivity index (χ3v) is 9.09. The molecule has 0 radical (unpaired) electrons. The minimum atomic E-state index is -0.819. The molecule has 1 atom stereocenters. The third kappa shape index (κ3) is 8.61. The van der Waals surface area contributed by atoms with Crippen LogP contribution in [-0.4, -0.2) is 121 Å². The summed E-state index contributed by atoms with van der Waals surface area (Å²) in [7, 11) is 0. The molecule has 0 bridgehead atoms. The molecule has 6 rings (SSSR count). The van der Waals surface area contributed by atoms with Gasteiger partial charge in [-0.2, -0.15) is 0 Å². The molecule has 3 saturated heterocycles. The van der Waals surface area contributed by atoms with Crippen molar-refractivity contribution in [3.8, 4) is 22.6 Å². The van der Waals surface area contributed by atoms with E-state index in [1.54, 1.807) is 40.1 Å². The molecule has 0 aromatic heterocycles. The van der Waals surface area contributed by atoms with Gasteiger partial charge in [0.2, 0.25) is 0 Å². The zero-order valence-corrected chi connectivity index (χ0v) is 29.5. The van der Waals surface area contributed by atoms with Crippen molar-refractivity contribution in [3.63, 3.8) is 0 Å². The standard InChI is InChI=1S/C38H43F2N5O7/c1-38(2,3)52-37(49)45-16-13-28(24-45)50-32-12-9-26(23-30(32)25-7-10-27(39)11-8-25)34(46)42-19-21-43(22-20-42)35(47)29-5-4-6-31(40)33(29)51-36(48)44-17-14-41-15-18-44/h4-12,23,28,41H,13-22,24H2,1-3H3/t28-/m0/s1. The Kier molecular flexibility index (Phi) is 10.9. The van der Waals surface area contributed by atoms with E-state index in [9.17, 15) is 28.0 Å². The van der Waals surface area contributed by atoms with Crippen molar-refractivity contribution >= 4 is 24.0 Å². The van der Waals surface area contributed by atoms with Gasteiger partial charge in [-0.15, -0.1) is 0 Å². The fraction of sp³-hybridized carbons (Fsp3) is 0.421. The number of halogens is 2. The Hall–Kier alpha value is -5.24.